The first kappa shape index (κ1) is 21.9. The molecule has 3 aromatic carbocycles. The zero-order valence-corrected chi connectivity index (χ0v) is 20.0. The molecule has 1 aliphatic rings. The Balaban J connectivity index is 1.53. The van der Waals surface area contributed by atoms with Gasteiger partial charge in [-0.3, -0.25) is 9.69 Å². The Morgan fingerprint density at radius 2 is 1.91 bits per heavy atom. The van der Waals surface area contributed by atoms with E-state index >= 15 is 0 Å². The van der Waals surface area contributed by atoms with Crippen LogP contribution >= 0.6 is 35.6 Å². The quantitative estimate of drug-likeness (QED) is 0.222. The molecule has 0 aliphatic carbocycles. The zero-order valence-electron chi connectivity index (χ0n) is 17.6. The van der Waals surface area contributed by atoms with Crippen LogP contribution in [0, 0.1) is 12.7 Å². The largest absolute Gasteiger partial charge is 0.342 e. The molecule has 1 fully saturated rings. The van der Waals surface area contributed by atoms with Crippen molar-refractivity contribution >= 4 is 68.5 Å². The first-order valence-corrected chi connectivity index (χ1v) is 11.9. The van der Waals surface area contributed by atoms with E-state index in [1.54, 1.807) is 11.0 Å². The van der Waals surface area contributed by atoms with Crippen molar-refractivity contribution in [2.75, 3.05) is 4.90 Å². The highest BCUT2D eigenvalue weighted by atomic mass is 35.5. The second-order valence-electron chi connectivity index (χ2n) is 7.82. The number of carbonyl (C=O) groups excluding carboxylic acids is 1. The van der Waals surface area contributed by atoms with Crippen LogP contribution in [-0.2, 0) is 11.3 Å². The summed E-state index contributed by atoms with van der Waals surface area (Å²) in [6, 6.07) is 20.1. The van der Waals surface area contributed by atoms with Crippen LogP contribution in [0.4, 0.5) is 10.1 Å². The first-order chi connectivity index (χ1) is 15.9. The van der Waals surface area contributed by atoms with Gasteiger partial charge in [-0.1, -0.05) is 72.0 Å². The van der Waals surface area contributed by atoms with Gasteiger partial charge in [-0.2, -0.15) is 0 Å². The topological polar surface area (TPSA) is 25.2 Å². The molecule has 0 radical (unpaired) electrons. The average Bonchev–Trinajstić information content (AvgIpc) is 3.27. The summed E-state index contributed by atoms with van der Waals surface area (Å²) in [4.78, 5) is 15.4. The normalized spacial score (nSPS) is 15.2. The third-order valence-corrected chi connectivity index (χ3v) is 7.17. The number of halogens is 2. The molecule has 2 heterocycles. The van der Waals surface area contributed by atoms with Crippen LogP contribution in [0.1, 0.15) is 16.7 Å². The second kappa shape index (κ2) is 8.78. The number of amides is 1. The van der Waals surface area contributed by atoms with E-state index in [4.69, 9.17) is 23.8 Å². The Morgan fingerprint density at radius 3 is 2.70 bits per heavy atom. The minimum absolute atomic E-state index is 0.131. The monoisotopic (exact) mass is 492 g/mol. The number of aryl methyl sites for hydroxylation is 1. The number of anilines is 1. The van der Waals surface area contributed by atoms with E-state index in [1.807, 2.05) is 67.7 Å². The fraction of sp³-hybridized carbons (Fsp3) is 0.0769. The predicted octanol–water partition coefficient (Wildman–Crippen LogP) is 7.20. The molecule has 7 heteroatoms. The fourth-order valence-corrected chi connectivity index (χ4v) is 5.47. The van der Waals surface area contributed by atoms with Gasteiger partial charge in [0.15, 0.2) is 4.32 Å². The summed E-state index contributed by atoms with van der Waals surface area (Å²) in [6.45, 7) is 2.47. The lowest BCUT2D eigenvalue weighted by atomic mass is 10.1. The van der Waals surface area contributed by atoms with E-state index in [-0.39, 0.29) is 11.7 Å². The maximum absolute atomic E-state index is 13.5. The van der Waals surface area contributed by atoms with Gasteiger partial charge in [-0.25, -0.2) is 4.39 Å². The molecule has 5 rings (SSSR count). The third kappa shape index (κ3) is 4.22. The summed E-state index contributed by atoms with van der Waals surface area (Å²) >= 11 is 13.1. The van der Waals surface area contributed by atoms with Crippen molar-refractivity contribution in [2.45, 2.75) is 13.5 Å². The molecular formula is C26H18ClFN2OS2. The van der Waals surface area contributed by atoms with Crippen LogP contribution in [-0.4, -0.2) is 14.8 Å². The number of thiocarbonyl (C=S) groups is 1. The summed E-state index contributed by atoms with van der Waals surface area (Å²) < 4.78 is 16.0. The number of aromatic nitrogens is 1. The van der Waals surface area contributed by atoms with E-state index in [1.165, 1.54) is 23.9 Å². The molecule has 0 N–H and O–H groups in total. The lowest BCUT2D eigenvalue weighted by Gasteiger charge is -2.14. The highest BCUT2D eigenvalue weighted by molar-refractivity contribution is 8.27. The Labute approximate surface area is 205 Å². The number of hydrogen-bond donors (Lipinski definition) is 0. The minimum Gasteiger partial charge on any atom is -0.342 e. The van der Waals surface area contributed by atoms with E-state index < -0.39 is 0 Å². The van der Waals surface area contributed by atoms with Gasteiger partial charge in [0.05, 0.1) is 10.6 Å². The molecule has 4 aromatic rings. The highest BCUT2D eigenvalue weighted by Crippen LogP contribution is 2.37. The van der Waals surface area contributed by atoms with Crippen molar-refractivity contribution in [1.82, 2.24) is 4.57 Å². The molecule has 0 bridgehead atoms. The predicted molar refractivity (Wildman–Crippen MR) is 139 cm³/mol. The van der Waals surface area contributed by atoms with E-state index in [2.05, 4.69) is 4.57 Å². The van der Waals surface area contributed by atoms with Crippen LogP contribution in [0.2, 0.25) is 5.02 Å². The van der Waals surface area contributed by atoms with Gasteiger partial charge in [0.1, 0.15) is 5.82 Å². The van der Waals surface area contributed by atoms with Crippen molar-refractivity contribution in [3.8, 4) is 0 Å². The van der Waals surface area contributed by atoms with Gasteiger partial charge in [0, 0.05) is 34.2 Å². The van der Waals surface area contributed by atoms with Crippen LogP contribution in [0.25, 0.3) is 17.0 Å². The van der Waals surface area contributed by atoms with Crippen LogP contribution in [0.3, 0.4) is 0 Å². The summed E-state index contributed by atoms with van der Waals surface area (Å²) in [7, 11) is 0. The van der Waals surface area contributed by atoms with E-state index in [9.17, 15) is 9.18 Å². The number of fused-ring (bicyclic) bond motifs is 1. The van der Waals surface area contributed by atoms with Crippen molar-refractivity contribution in [1.29, 1.82) is 0 Å². The van der Waals surface area contributed by atoms with Gasteiger partial charge >= 0.3 is 0 Å². The third-order valence-electron chi connectivity index (χ3n) is 5.52. The molecule has 1 amide bonds. The number of carbonyl (C=O) groups is 1. The lowest BCUT2D eigenvalue weighted by molar-refractivity contribution is -0.113. The van der Waals surface area contributed by atoms with Gasteiger partial charge in [0.25, 0.3) is 5.91 Å². The summed E-state index contributed by atoms with van der Waals surface area (Å²) in [5, 5.41) is 1.39. The van der Waals surface area contributed by atoms with Crippen molar-refractivity contribution in [2.24, 2.45) is 0 Å². The molecule has 0 atom stereocenters. The summed E-state index contributed by atoms with van der Waals surface area (Å²) in [5.74, 6) is -0.494. The van der Waals surface area contributed by atoms with Crippen LogP contribution < -0.4 is 4.90 Å². The average molecular weight is 493 g/mol. The molecule has 0 spiro atoms. The molecule has 0 unspecified atom stereocenters. The number of hydrogen-bond acceptors (Lipinski definition) is 3. The number of rotatable bonds is 4. The van der Waals surface area contributed by atoms with E-state index in [0.29, 0.717) is 20.8 Å². The van der Waals surface area contributed by atoms with Crippen LogP contribution in [0.15, 0.2) is 77.8 Å². The SMILES string of the molecule is Cc1cccc(N2C(=O)/C(=C\c3cn(Cc4ccc(F)cc4Cl)c4ccccc34)SC2=S)c1. The van der Waals surface area contributed by atoms with Crippen molar-refractivity contribution < 1.29 is 9.18 Å². The van der Waals surface area contributed by atoms with Gasteiger partial charge in [-0.15, -0.1) is 0 Å². The zero-order chi connectivity index (χ0) is 23.1. The highest BCUT2D eigenvalue weighted by Gasteiger charge is 2.33. The number of nitrogens with zero attached hydrogens (tertiary/aromatic N) is 2. The molecule has 3 nitrogen and oxygen atoms in total. The van der Waals surface area contributed by atoms with E-state index in [0.717, 1.165) is 33.3 Å². The molecule has 1 saturated heterocycles. The molecule has 0 saturated carbocycles. The number of thioether (sulfide) groups is 1. The first-order valence-electron chi connectivity index (χ1n) is 10.3. The standard InChI is InChI=1S/C26H18ClFN2OS2/c1-16-5-4-6-20(11-16)30-25(31)24(33-26(30)32)12-18-15-29(23-8-3-2-7-21(18)23)14-17-9-10-19(28)13-22(17)27/h2-13,15H,14H2,1H3/b24-12+. The molecule has 1 aromatic heterocycles. The maximum Gasteiger partial charge on any atom is 0.270 e. The Kier molecular flexibility index (Phi) is 5.83. The lowest BCUT2D eigenvalue weighted by Crippen LogP contribution is -2.27. The van der Waals surface area contributed by atoms with Crippen molar-refractivity contribution in [3.63, 3.8) is 0 Å². The maximum atomic E-state index is 13.5. The summed E-state index contributed by atoms with van der Waals surface area (Å²) in [6.07, 6.45) is 3.88. The number of para-hydroxylation sites is 1. The fourth-order valence-electron chi connectivity index (χ4n) is 3.95. The van der Waals surface area contributed by atoms with Gasteiger partial charge < -0.3 is 4.57 Å². The Morgan fingerprint density at radius 1 is 1.09 bits per heavy atom. The molecular weight excluding hydrogens is 475 g/mol. The van der Waals surface area contributed by atoms with Crippen molar-refractivity contribution in [3.05, 3.63) is 105 Å². The molecule has 1 aliphatic heterocycles. The van der Waals surface area contributed by atoms with Gasteiger partial charge in [-0.05, 0) is 54.5 Å². The second-order valence-corrected chi connectivity index (χ2v) is 9.90. The molecule has 33 heavy (non-hydrogen) atoms. The smallest absolute Gasteiger partial charge is 0.270 e. The minimum atomic E-state index is -0.363. The van der Waals surface area contributed by atoms with Crippen LogP contribution in [0.5, 0.6) is 0 Å². The Bertz CT molecular complexity index is 1460. The number of benzene rings is 3. The van der Waals surface area contributed by atoms with Gasteiger partial charge in [0.2, 0.25) is 0 Å². The molecule has 164 valence electrons. The summed E-state index contributed by atoms with van der Waals surface area (Å²) in [5.41, 5.74) is 4.56. The Hall–Kier alpha value is -2.93.